The van der Waals surface area contributed by atoms with E-state index in [0.29, 0.717) is 0 Å². The third kappa shape index (κ3) is 4.45. The molecule has 1 fully saturated rings. The quantitative estimate of drug-likeness (QED) is 0.773. The van der Waals surface area contributed by atoms with Gasteiger partial charge < -0.3 is 16.0 Å². The molecule has 2 rings (SSSR count). The first-order valence-corrected chi connectivity index (χ1v) is 8.44. The Morgan fingerprint density at radius 3 is 2.76 bits per heavy atom. The maximum Gasteiger partial charge on any atom is 0.220 e. The Bertz CT molecular complexity index is 484. The molecule has 1 heterocycles. The van der Waals surface area contributed by atoms with Gasteiger partial charge in [0.25, 0.3) is 0 Å². The van der Waals surface area contributed by atoms with Crippen LogP contribution in [-0.2, 0) is 11.3 Å². The lowest BCUT2D eigenvalue weighted by atomic mass is 9.95. The number of anilines is 1. The Balaban J connectivity index is 2.07. The summed E-state index contributed by atoms with van der Waals surface area (Å²) in [5, 5.41) is 3.46. The van der Waals surface area contributed by atoms with E-state index in [0.717, 1.165) is 49.9 Å². The average Bonchev–Trinajstić information content (AvgIpc) is 2.49. The first kappa shape index (κ1) is 16.3. The van der Waals surface area contributed by atoms with E-state index >= 15 is 0 Å². The van der Waals surface area contributed by atoms with Crippen LogP contribution in [0.15, 0.2) is 22.7 Å². The number of halogens is 1. The molecular formula is C16H24BrN3O. The van der Waals surface area contributed by atoms with Crippen LogP contribution in [0.3, 0.4) is 0 Å². The van der Waals surface area contributed by atoms with Crippen molar-refractivity contribution in [2.45, 2.75) is 32.7 Å². The fraction of sp³-hybridized carbons (Fsp3) is 0.562. The highest BCUT2D eigenvalue weighted by Gasteiger charge is 2.24. The Hall–Kier alpha value is -1.07. The molecule has 1 aromatic carbocycles. The van der Waals surface area contributed by atoms with Gasteiger partial charge in [0.2, 0.25) is 5.91 Å². The molecule has 0 aliphatic carbocycles. The molecule has 0 atom stereocenters. The van der Waals surface area contributed by atoms with Crippen molar-refractivity contribution in [2.75, 3.05) is 24.5 Å². The summed E-state index contributed by atoms with van der Waals surface area (Å²) in [4.78, 5) is 13.6. The second-order valence-corrected chi connectivity index (χ2v) is 6.53. The monoisotopic (exact) mass is 353 g/mol. The van der Waals surface area contributed by atoms with Gasteiger partial charge >= 0.3 is 0 Å². The minimum Gasteiger partial charge on any atom is -0.371 e. The van der Waals surface area contributed by atoms with E-state index < -0.39 is 0 Å². The molecule has 0 saturated carbocycles. The molecule has 0 spiro atoms. The van der Waals surface area contributed by atoms with E-state index in [2.05, 4.69) is 51.3 Å². The maximum absolute atomic E-state index is 11.3. The number of hydrogen-bond acceptors (Lipinski definition) is 3. The first-order valence-electron chi connectivity index (χ1n) is 7.65. The van der Waals surface area contributed by atoms with Crippen LogP contribution in [-0.4, -0.2) is 25.5 Å². The minimum absolute atomic E-state index is 0.0371. The molecule has 3 N–H and O–H groups in total. The van der Waals surface area contributed by atoms with Gasteiger partial charge in [-0.15, -0.1) is 0 Å². The lowest BCUT2D eigenvalue weighted by molar-refractivity contribution is -0.122. The fourth-order valence-corrected chi connectivity index (χ4v) is 3.13. The summed E-state index contributed by atoms with van der Waals surface area (Å²) in [7, 11) is 0. The van der Waals surface area contributed by atoms with Crippen LogP contribution in [0.5, 0.6) is 0 Å². The summed E-state index contributed by atoms with van der Waals surface area (Å²) in [5.74, 6) is -0.121. The number of piperidine rings is 1. The summed E-state index contributed by atoms with van der Waals surface area (Å²) in [6.07, 6.45) is 2.84. The molecule has 21 heavy (non-hydrogen) atoms. The van der Waals surface area contributed by atoms with Crippen molar-refractivity contribution in [2.24, 2.45) is 11.7 Å². The highest BCUT2D eigenvalue weighted by molar-refractivity contribution is 9.10. The molecular weight excluding hydrogens is 330 g/mol. The van der Waals surface area contributed by atoms with Crippen LogP contribution in [0.2, 0.25) is 0 Å². The predicted octanol–water partition coefficient (Wildman–Crippen LogP) is 2.65. The van der Waals surface area contributed by atoms with Crippen molar-refractivity contribution in [3.63, 3.8) is 0 Å². The number of nitrogens with one attached hydrogen (secondary N) is 1. The van der Waals surface area contributed by atoms with Crippen molar-refractivity contribution in [3.05, 3.63) is 28.2 Å². The molecule has 5 heteroatoms. The summed E-state index contributed by atoms with van der Waals surface area (Å²) in [6, 6.07) is 6.43. The van der Waals surface area contributed by atoms with E-state index in [1.54, 1.807) is 0 Å². The number of carbonyl (C=O) groups is 1. The van der Waals surface area contributed by atoms with Crippen molar-refractivity contribution >= 4 is 27.5 Å². The van der Waals surface area contributed by atoms with Crippen molar-refractivity contribution in [1.82, 2.24) is 5.32 Å². The lowest BCUT2D eigenvalue weighted by Crippen LogP contribution is -2.39. The van der Waals surface area contributed by atoms with Crippen LogP contribution >= 0.6 is 15.9 Å². The summed E-state index contributed by atoms with van der Waals surface area (Å²) >= 11 is 3.56. The first-order chi connectivity index (χ1) is 10.1. The number of hydrogen-bond donors (Lipinski definition) is 2. The molecule has 1 aliphatic heterocycles. The molecule has 0 radical (unpaired) electrons. The van der Waals surface area contributed by atoms with Gasteiger partial charge in [-0.25, -0.2) is 0 Å². The molecule has 116 valence electrons. The zero-order chi connectivity index (χ0) is 15.2. The predicted molar refractivity (Wildman–Crippen MR) is 90.3 cm³/mol. The number of carbonyl (C=O) groups excluding carboxylic acids is 1. The highest BCUT2D eigenvalue weighted by atomic mass is 79.9. The highest BCUT2D eigenvalue weighted by Crippen LogP contribution is 2.29. The number of amides is 1. The van der Waals surface area contributed by atoms with E-state index in [1.165, 1.54) is 11.3 Å². The van der Waals surface area contributed by atoms with Crippen LogP contribution in [0.25, 0.3) is 0 Å². The fourth-order valence-electron chi connectivity index (χ4n) is 2.79. The Morgan fingerprint density at radius 2 is 2.14 bits per heavy atom. The smallest absolute Gasteiger partial charge is 0.220 e. The number of primary amides is 1. The number of benzene rings is 1. The number of rotatable bonds is 6. The van der Waals surface area contributed by atoms with Crippen molar-refractivity contribution in [1.29, 1.82) is 0 Å². The van der Waals surface area contributed by atoms with Crippen molar-refractivity contribution < 1.29 is 4.79 Å². The molecule has 0 aromatic heterocycles. The van der Waals surface area contributed by atoms with Crippen LogP contribution in [0.4, 0.5) is 5.69 Å². The Kier molecular flexibility index (Phi) is 6.06. The van der Waals surface area contributed by atoms with Gasteiger partial charge in [0, 0.05) is 35.7 Å². The second kappa shape index (κ2) is 7.80. The Morgan fingerprint density at radius 1 is 1.43 bits per heavy atom. The molecule has 1 aromatic rings. The standard InChI is InChI=1S/C16H24BrN3O/c1-2-7-19-11-13-3-4-14(17)10-15(13)20-8-5-12(6-9-20)16(18)21/h3-4,10,12,19H,2,5-9,11H2,1H3,(H2,18,21). The van der Waals surface area contributed by atoms with E-state index in [-0.39, 0.29) is 11.8 Å². The van der Waals surface area contributed by atoms with Gasteiger partial charge in [-0.05, 0) is 43.5 Å². The maximum atomic E-state index is 11.3. The summed E-state index contributed by atoms with van der Waals surface area (Å²) in [5.41, 5.74) is 7.98. The topological polar surface area (TPSA) is 58.4 Å². The van der Waals surface area contributed by atoms with Gasteiger partial charge in [-0.3, -0.25) is 4.79 Å². The Labute approximate surface area is 135 Å². The minimum atomic E-state index is -0.159. The van der Waals surface area contributed by atoms with E-state index in [9.17, 15) is 4.79 Å². The van der Waals surface area contributed by atoms with Gasteiger partial charge in [0.15, 0.2) is 0 Å². The van der Waals surface area contributed by atoms with E-state index in [4.69, 9.17) is 5.73 Å². The molecule has 1 saturated heterocycles. The third-order valence-corrected chi connectivity index (χ3v) is 4.52. The molecule has 4 nitrogen and oxygen atoms in total. The lowest BCUT2D eigenvalue weighted by Gasteiger charge is -2.34. The molecule has 1 amide bonds. The summed E-state index contributed by atoms with van der Waals surface area (Å²) in [6.45, 7) is 5.87. The molecule has 0 bridgehead atoms. The van der Waals surface area contributed by atoms with E-state index in [1.807, 2.05) is 0 Å². The number of nitrogens with two attached hydrogens (primary N) is 1. The number of nitrogens with zero attached hydrogens (tertiary/aromatic N) is 1. The zero-order valence-electron chi connectivity index (χ0n) is 12.6. The van der Waals surface area contributed by atoms with Crippen LogP contribution < -0.4 is 16.0 Å². The normalized spacial score (nSPS) is 16.2. The van der Waals surface area contributed by atoms with Gasteiger partial charge in [-0.2, -0.15) is 0 Å². The van der Waals surface area contributed by atoms with Crippen LogP contribution in [0.1, 0.15) is 31.7 Å². The second-order valence-electron chi connectivity index (χ2n) is 5.61. The largest absolute Gasteiger partial charge is 0.371 e. The van der Waals surface area contributed by atoms with Crippen molar-refractivity contribution in [3.8, 4) is 0 Å². The van der Waals surface area contributed by atoms with Gasteiger partial charge in [-0.1, -0.05) is 28.9 Å². The SMILES string of the molecule is CCCNCc1ccc(Br)cc1N1CCC(C(N)=O)CC1. The third-order valence-electron chi connectivity index (χ3n) is 4.03. The summed E-state index contributed by atoms with van der Waals surface area (Å²) < 4.78 is 1.09. The van der Waals surface area contributed by atoms with Gasteiger partial charge in [0.05, 0.1) is 0 Å². The average molecular weight is 354 g/mol. The van der Waals surface area contributed by atoms with Crippen LogP contribution in [0, 0.1) is 5.92 Å². The zero-order valence-corrected chi connectivity index (χ0v) is 14.2. The molecule has 0 unspecified atom stereocenters. The molecule has 1 aliphatic rings. The van der Waals surface area contributed by atoms with Gasteiger partial charge in [0.1, 0.15) is 0 Å².